The number of nitrogens with one attached hydrogen (secondary N) is 1. The van der Waals surface area contributed by atoms with Crippen LogP contribution in [-0.2, 0) is 14.8 Å². The second kappa shape index (κ2) is 7.13. The number of carbonyl (C=O) groups excluding carboxylic acids is 1. The van der Waals surface area contributed by atoms with Gasteiger partial charge in [-0.25, -0.2) is 8.42 Å². The third-order valence-corrected chi connectivity index (χ3v) is 6.39. The first-order valence-electron chi connectivity index (χ1n) is 9.24. The van der Waals surface area contributed by atoms with E-state index in [0.717, 1.165) is 5.56 Å². The highest BCUT2D eigenvalue weighted by molar-refractivity contribution is 7.92. The minimum Gasteiger partial charge on any atom is -0.490 e. The van der Waals surface area contributed by atoms with Crippen molar-refractivity contribution in [2.24, 2.45) is 5.41 Å². The normalized spacial score (nSPS) is 16.2. The van der Waals surface area contributed by atoms with E-state index in [1.165, 1.54) is 0 Å². The van der Waals surface area contributed by atoms with Crippen LogP contribution in [0, 0.1) is 19.3 Å². The second-order valence-electron chi connectivity index (χ2n) is 7.78. The number of hydrogen-bond donors (Lipinski definition) is 1. The van der Waals surface area contributed by atoms with Crippen LogP contribution in [0.2, 0.25) is 0 Å². The molecule has 150 valence electrons. The molecule has 1 aliphatic heterocycles. The zero-order chi connectivity index (χ0) is 20.7. The predicted octanol–water partition coefficient (Wildman–Crippen LogP) is 3.88. The number of rotatable bonds is 4. The number of anilines is 2. The summed E-state index contributed by atoms with van der Waals surface area (Å²) in [6.07, 6.45) is 0. The van der Waals surface area contributed by atoms with Crippen molar-refractivity contribution in [1.29, 1.82) is 0 Å². The summed E-state index contributed by atoms with van der Waals surface area (Å²) in [7, 11) is -3.75. The van der Waals surface area contributed by atoms with Crippen LogP contribution in [0.5, 0.6) is 5.75 Å². The Labute approximate surface area is 166 Å². The van der Waals surface area contributed by atoms with Crippen LogP contribution in [0.3, 0.4) is 0 Å². The molecule has 1 heterocycles. The standard InChI is InChI=1S/C21H26N2O4S/c1-6-23-17-12-16(8-9-18(17)27-13-21(4,5)20(23)24)22-28(25,26)19-10-7-14(2)11-15(19)3/h7-12,22H,6,13H2,1-5H3. The van der Waals surface area contributed by atoms with Gasteiger partial charge in [-0.2, -0.15) is 0 Å². The zero-order valence-corrected chi connectivity index (χ0v) is 17.7. The number of benzene rings is 2. The largest absolute Gasteiger partial charge is 0.490 e. The lowest BCUT2D eigenvalue weighted by Gasteiger charge is -2.27. The highest BCUT2D eigenvalue weighted by Crippen LogP contribution is 2.38. The fourth-order valence-electron chi connectivity index (χ4n) is 3.33. The van der Waals surface area contributed by atoms with E-state index in [9.17, 15) is 13.2 Å². The minimum absolute atomic E-state index is 0.0527. The molecule has 0 radical (unpaired) electrons. The predicted molar refractivity (Wildman–Crippen MR) is 110 cm³/mol. The number of aryl methyl sites for hydroxylation is 2. The first-order valence-corrected chi connectivity index (χ1v) is 10.7. The lowest BCUT2D eigenvalue weighted by Crippen LogP contribution is -2.42. The maximum absolute atomic E-state index is 12.9. The SMILES string of the molecule is CCN1C(=O)C(C)(C)COc2ccc(NS(=O)(=O)c3ccc(C)cc3C)cc21. The van der Waals surface area contributed by atoms with Gasteiger partial charge in [-0.3, -0.25) is 9.52 Å². The van der Waals surface area contributed by atoms with Crippen LogP contribution >= 0.6 is 0 Å². The van der Waals surface area contributed by atoms with E-state index in [-0.39, 0.29) is 17.4 Å². The van der Waals surface area contributed by atoms with Gasteiger partial charge in [0.15, 0.2) is 0 Å². The molecule has 1 amide bonds. The third-order valence-electron chi connectivity index (χ3n) is 4.85. The van der Waals surface area contributed by atoms with Crippen LogP contribution < -0.4 is 14.4 Å². The number of hydrogen-bond acceptors (Lipinski definition) is 4. The van der Waals surface area contributed by atoms with Crippen molar-refractivity contribution in [2.45, 2.75) is 39.5 Å². The Hall–Kier alpha value is -2.54. The number of ether oxygens (including phenoxy) is 1. The van der Waals surface area contributed by atoms with E-state index in [0.29, 0.717) is 29.2 Å². The maximum atomic E-state index is 12.9. The number of amides is 1. The van der Waals surface area contributed by atoms with E-state index >= 15 is 0 Å². The molecule has 2 aromatic rings. The number of fused-ring (bicyclic) bond motifs is 1. The molecular weight excluding hydrogens is 376 g/mol. The van der Waals surface area contributed by atoms with Gasteiger partial charge >= 0.3 is 0 Å². The molecular formula is C21H26N2O4S. The number of nitrogens with zero attached hydrogens (tertiary/aromatic N) is 1. The molecule has 7 heteroatoms. The Morgan fingerprint density at radius 3 is 2.50 bits per heavy atom. The molecule has 6 nitrogen and oxygen atoms in total. The van der Waals surface area contributed by atoms with Gasteiger partial charge in [-0.1, -0.05) is 17.7 Å². The van der Waals surface area contributed by atoms with E-state index < -0.39 is 15.4 Å². The van der Waals surface area contributed by atoms with Gasteiger partial charge in [0.05, 0.1) is 21.7 Å². The molecule has 1 N–H and O–H groups in total. The van der Waals surface area contributed by atoms with Crippen molar-refractivity contribution < 1.29 is 17.9 Å². The van der Waals surface area contributed by atoms with Gasteiger partial charge in [0.1, 0.15) is 12.4 Å². The molecule has 2 aromatic carbocycles. The first-order chi connectivity index (χ1) is 13.0. The van der Waals surface area contributed by atoms with E-state index in [4.69, 9.17) is 4.74 Å². The summed E-state index contributed by atoms with van der Waals surface area (Å²) in [4.78, 5) is 14.7. The molecule has 0 saturated heterocycles. The van der Waals surface area contributed by atoms with Crippen molar-refractivity contribution in [3.05, 3.63) is 47.5 Å². The number of sulfonamides is 1. The van der Waals surface area contributed by atoms with Gasteiger partial charge in [-0.15, -0.1) is 0 Å². The van der Waals surface area contributed by atoms with Crippen molar-refractivity contribution in [1.82, 2.24) is 0 Å². The Morgan fingerprint density at radius 2 is 1.86 bits per heavy atom. The van der Waals surface area contributed by atoms with Gasteiger partial charge in [0, 0.05) is 6.54 Å². The molecule has 0 aliphatic carbocycles. The summed E-state index contributed by atoms with van der Waals surface area (Å²) in [6, 6.07) is 10.2. The molecule has 28 heavy (non-hydrogen) atoms. The van der Waals surface area contributed by atoms with Crippen molar-refractivity contribution in [2.75, 3.05) is 22.8 Å². The molecule has 0 aromatic heterocycles. The molecule has 1 aliphatic rings. The summed E-state index contributed by atoms with van der Waals surface area (Å²) in [6.45, 7) is 9.99. The highest BCUT2D eigenvalue weighted by atomic mass is 32.2. The Balaban J connectivity index is 1.99. The van der Waals surface area contributed by atoms with Crippen LogP contribution in [0.4, 0.5) is 11.4 Å². The smallest absolute Gasteiger partial charge is 0.262 e. The van der Waals surface area contributed by atoms with Crippen molar-refractivity contribution in [3.63, 3.8) is 0 Å². The molecule has 0 atom stereocenters. The molecule has 0 unspecified atom stereocenters. The van der Waals surface area contributed by atoms with Gasteiger partial charge < -0.3 is 9.64 Å². The molecule has 0 fully saturated rings. The Morgan fingerprint density at radius 1 is 1.14 bits per heavy atom. The lowest BCUT2D eigenvalue weighted by atomic mass is 9.93. The van der Waals surface area contributed by atoms with E-state index in [1.807, 2.05) is 33.8 Å². The topological polar surface area (TPSA) is 75.7 Å². The average Bonchev–Trinajstić information content (AvgIpc) is 2.69. The van der Waals surface area contributed by atoms with Crippen molar-refractivity contribution >= 4 is 27.3 Å². The molecule has 0 spiro atoms. The van der Waals surface area contributed by atoms with Crippen LogP contribution in [0.15, 0.2) is 41.3 Å². The van der Waals surface area contributed by atoms with E-state index in [2.05, 4.69) is 4.72 Å². The monoisotopic (exact) mass is 402 g/mol. The Kier molecular flexibility index (Phi) is 5.14. The van der Waals surface area contributed by atoms with Crippen LogP contribution in [-0.4, -0.2) is 27.5 Å². The quantitative estimate of drug-likeness (QED) is 0.842. The highest BCUT2D eigenvalue weighted by Gasteiger charge is 2.37. The first kappa shape index (κ1) is 20.2. The van der Waals surface area contributed by atoms with Crippen molar-refractivity contribution in [3.8, 4) is 5.75 Å². The van der Waals surface area contributed by atoms with Gasteiger partial charge in [0.2, 0.25) is 5.91 Å². The van der Waals surface area contributed by atoms with Gasteiger partial charge in [-0.05, 0) is 64.4 Å². The summed E-state index contributed by atoms with van der Waals surface area (Å²) >= 11 is 0. The fourth-order valence-corrected chi connectivity index (χ4v) is 4.61. The lowest BCUT2D eigenvalue weighted by molar-refractivity contribution is -0.127. The van der Waals surface area contributed by atoms with Crippen LogP contribution in [0.25, 0.3) is 0 Å². The summed E-state index contributed by atoms with van der Waals surface area (Å²) in [5, 5.41) is 0. The summed E-state index contributed by atoms with van der Waals surface area (Å²) < 4.78 is 34.2. The molecule has 0 bridgehead atoms. The van der Waals surface area contributed by atoms with E-state index in [1.54, 1.807) is 42.2 Å². The molecule has 3 rings (SSSR count). The zero-order valence-electron chi connectivity index (χ0n) is 16.9. The van der Waals surface area contributed by atoms with Crippen LogP contribution in [0.1, 0.15) is 31.9 Å². The third kappa shape index (κ3) is 3.71. The molecule has 0 saturated carbocycles. The maximum Gasteiger partial charge on any atom is 0.262 e. The fraction of sp³-hybridized carbons (Fsp3) is 0.381. The van der Waals surface area contributed by atoms with Gasteiger partial charge in [0.25, 0.3) is 10.0 Å². The average molecular weight is 403 g/mol. The summed E-state index contributed by atoms with van der Waals surface area (Å²) in [5.74, 6) is 0.512. The second-order valence-corrected chi connectivity index (χ2v) is 9.43. The Bertz CT molecular complexity index is 1030. The number of carbonyl (C=O) groups is 1. The summed E-state index contributed by atoms with van der Waals surface area (Å²) in [5.41, 5.74) is 1.97. The minimum atomic E-state index is -3.75.